The van der Waals surface area contributed by atoms with Crippen molar-refractivity contribution in [2.45, 2.75) is 25.8 Å². The largest absolute Gasteiger partial charge is 0.481 e. The maximum atomic E-state index is 8.60. The molecule has 1 aliphatic heterocycles. The van der Waals surface area contributed by atoms with Crippen LogP contribution < -0.4 is 14.0 Å². The van der Waals surface area contributed by atoms with Crippen LogP contribution in [0.25, 0.3) is 0 Å². The summed E-state index contributed by atoms with van der Waals surface area (Å²) in [5.74, 6) is 1.40. The summed E-state index contributed by atoms with van der Waals surface area (Å²) in [6.45, 7) is 4.21. The molecule has 102 valence electrons. The molecule has 18 heavy (non-hydrogen) atoms. The molecule has 0 bridgehead atoms. The lowest BCUT2D eigenvalue weighted by atomic mass is 10.1. The smallest absolute Gasteiger partial charge is 0.211 e. The van der Waals surface area contributed by atoms with Gasteiger partial charge in [-0.05, 0) is 20.3 Å². The Balaban J connectivity index is 0.000000280. The van der Waals surface area contributed by atoms with Crippen molar-refractivity contribution in [1.82, 2.24) is 0 Å². The maximum Gasteiger partial charge on any atom is 0.211 e. The Morgan fingerprint density at radius 3 is 2.56 bits per heavy atom. The molecular weight excluding hydrogens is 262 g/mol. The second-order valence-corrected chi connectivity index (χ2v) is 5.21. The Bertz CT molecular complexity index is 393. The maximum absolute atomic E-state index is 8.60. The van der Waals surface area contributed by atoms with Crippen molar-refractivity contribution in [3.05, 3.63) is 23.8 Å². The molecule has 7 heteroatoms. The molecule has 1 N–H and O–H groups in total. The molecule has 1 heterocycles. The zero-order valence-corrected chi connectivity index (χ0v) is 11.2. The minimum absolute atomic E-state index is 0.108. The van der Waals surface area contributed by atoms with Gasteiger partial charge in [0.05, 0.1) is 27.6 Å². The fraction of sp³-hybridized carbons (Fsp3) is 0.545. The monoisotopic (exact) mass is 277 g/mol. The van der Waals surface area contributed by atoms with E-state index < -0.39 is 10.2 Å². The molecule has 0 spiro atoms. The number of halogens is 1. The quantitative estimate of drug-likeness (QED) is 0.562. The molecule has 0 aromatic heterocycles. The molecule has 0 aromatic rings. The van der Waals surface area contributed by atoms with Crippen LogP contribution in [0.15, 0.2) is 28.8 Å². The van der Waals surface area contributed by atoms with Crippen molar-refractivity contribution >= 4 is 5.90 Å². The Kier molecular flexibility index (Phi) is 4.52. The highest BCUT2D eigenvalue weighted by molar-refractivity contribution is 5.93. The first-order valence-corrected chi connectivity index (χ1v) is 6.54. The molecule has 2 unspecified atom stereocenters. The van der Waals surface area contributed by atoms with Gasteiger partial charge in [0.1, 0.15) is 0 Å². The fourth-order valence-electron chi connectivity index (χ4n) is 1.72. The van der Waals surface area contributed by atoms with E-state index in [0.717, 1.165) is 17.9 Å². The molecule has 0 amide bonds. The lowest BCUT2D eigenvalue weighted by Gasteiger charge is -2.10. The molecule has 6 nitrogen and oxygen atoms in total. The summed E-state index contributed by atoms with van der Waals surface area (Å²) < 4.78 is 38.0. The number of methoxy groups -OCH3 is 1. The second kappa shape index (κ2) is 5.38. The summed E-state index contributed by atoms with van der Waals surface area (Å²) in [5, 5.41) is 0. The molecule has 1 saturated carbocycles. The van der Waals surface area contributed by atoms with Gasteiger partial charge in [-0.25, -0.2) is 4.99 Å². The van der Waals surface area contributed by atoms with E-state index in [9.17, 15) is 0 Å². The summed E-state index contributed by atoms with van der Waals surface area (Å²) in [7, 11) is -3.01. The zero-order chi connectivity index (χ0) is 14.0. The highest BCUT2D eigenvalue weighted by Crippen LogP contribution is 2.48. The summed E-state index contributed by atoms with van der Waals surface area (Å²) in [4.78, 5) is 4.62. The third kappa shape index (κ3) is 4.75. The third-order valence-electron chi connectivity index (χ3n) is 2.85. The van der Waals surface area contributed by atoms with Crippen molar-refractivity contribution in [3.63, 3.8) is 0 Å². The molecule has 0 radical (unpaired) electrons. The van der Waals surface area contributed by atoms with Gasteiger partial charge in [0, 0.05) is 11.5 Å². The first kappa shape index (κ1) is 15.1. The zero-order valence-electron chi connectivity index (χ0n) is 10.4. The Morgan fingerprint density at radius 2 is 2.06 bits per heavy atom. The molecule has 2 rings (SSSR count). The van der Waals surface area contributed by atoms with Gasteiger partial charge in [0.2, 0.25) is 5.90 Å². The van der Waals surface area contributed by atoms with Crippen LogP contribution in [0.1, 0.15) is 20.3 Å². The molecular formula is C11H16ClNO5. The summed E-state index contributed by atoms with van der Waals surface area (Å²) in [6, 6.07) is 0. The van der Waals surface area contributed by atoms with Gasteiger partial charge in [-0.2, -0.15) is 14.0 Å². The minimum atomic E-state index is -4.69. The molecule has 1 aliphatic carbocycles. The highest BCUT2D eigenvalue weighted by atomic mass is 35.7. The van der Waals surface area contributed by atoms with E-state index in [1.165, 1.54) is 0 Å². The van der Waals surface area contributed by atoms with Crippen LogP contribution in [0.5, 0.6) is 0 Å². The molecule has 1 fully saturated rings. The van der Waals surface area contributed by atoms with Gasteiger partial charge in [0.25, 0.3) is 0 Å². The van der Waals surface area contributed by atoms with Gasteiger partial charge in [0.15, 0.2) is 0 Å². The van der Waals surface area contributed by atoms with E-state index >= 15 is 0 Å². The first-order valence-electron chi connectivity index (χ1n) is 5.28. The van der Waals surface area contributed by atoms with Crippen LogP contribution in [0.4, 0.5) is 0 Å². The van der Waals surface area contributed by atoms with Gasteiger partial charge in [-0.3, -0.25) is 0 Å². The van der Waals surface area contributed by atoms with Gasteiger partial charge < -0.3 is 4.74 Å². The SMILES string of the molecule is COC1=NC2(C)CC2/C=C\C=C/1C.[O-][Cl+3]([O-])([O-])O. The third-order valence-corrected chi connectivity index (χ3v) is 2.85. The average Bonchev–Trinajstić information content (AvgIpc) is 2.81. The van der Waals surface area contributed by atoms with Crippen molar-refractivity contribution in [2.75, 3.05) is 7.11 Å². The number of hydrogen-bond acceptors (Lipinski definition) is 6. The molecule has 2 atom stereocenters. The molecule has 0 aromatic carbocycles. The van der Waals surface area contributed by atoms with Crippen LogP contribution in [-0.2, 0) is 4.74 Å². The lowest BCUT2D eigenvalue weighted by Crippen LogP contribution is -2.58. The van der Waals surface area contributed by atoms with E-state index in [2.05, 4.69) is 30.1 Å². The Hall–Kier alpha value is -0.920. The first-order chi connectivity index (χ1) is 8.15. The number of rotatable bonds is 0. The predicted octanol–water partition coefficient (Wildman–Crippen LogP) is -1.80. The van der Waals surface area contributed by atoms with Crippen molar-refractivity contribution in [1.29, 1.82) is 0 Å². The molecule has 0 saturated heterocycles. The number of nitrogens with zero attached hydrogens (tertiary/aromatic N) is 1. The average molecular weight is 278 g/mol. The standard InChI is InChI=1S/C11H15NO.ClHO4/c1-8-5-4-6-9-7-11(9,2)12-10(8)13-3;2-1(3,4)5/h4-6,9H,7H2,1-3H3;(H,2,3,4,5)/b6-4-,8-5-,12-10?;. The number of hydrogen-bond donors (Lipinski definition) is 1. The minimum Gasteiger partial charge on any atom is -0.481 e. The highest BCUT2D eigenvalue weighted by Gasteiger charge is 2.49. The van der Waals surface area contributed by atoms with Crippen LogP contribution in [0.3, 0.4) is 0 Å². The fourth-order valence-corrected chi connectivity index (χ4v) is 1.72. The van der Waals surface area contributed by atoms with Gasteiger partial charge in [-0.15, -0.1) is 0 Å². The van der Waals surface area contributed by atoms with Gasteiger partial charge in [-0.1, -0.05) is 18.2 Å². The lowest BCUT2D eigenvalue weighted by molar-refractivity contribution is -1.92. The molecule has 2 aliphatic rings. The number of allylic oxidation sites excluding steroid dienone is 2. The number of aliphatic imine (C=N–C) groups is 1. The van der Waals surface area contributed by atoms with Crippen LogP contribution in [-0.4, -0.2) is 23.2 Å². The van der Waals surface area contributed by atoms with Crippen LogP contribution in [0.2, 0.25) is 0 Å². The van der Waals surface area contributed by atoms with E-state index in [1.807, 2.05) is 6.92 Å². The normalized spacial score (nSPS) is 34.5. The van der Waals surface area contributed by atoms with Crippen LogP contribution in [0, 0.1) is 16.2 Å². The summed E-state index contributed by atoms with van der Waals surface area (Å²) in [6.07, 6.45) is 7.55. The van der Waals surface area contributed by atoms with E-state index in [0.29, 0.717) is 5.92 Å². The van der Waals surface area contributed by atoms with Crippen molar-refractivity contribution < 1.29 is 33.6 Å². The Labute approximate surface area is 108 Å². The van der Waals surface area contributed by atoms with E-state index in [4.69, 9.17) is 23.4 Å². The second-order valence-electron chi connectivity index (χ2n) is 4.42. The summed E-state index contributed by atoms with van der Waals surface area (Å²) >= 11 is 0. The Morgan fingerprint density at radius 1 is 1.50 bits per heavy atom. The van der Waals surface area contributed by atoms with E-state index in [1.54, 1.807) is 7.11 Å². The van der Waals surface area contributed by atoms with Gasteiger partial charge >= 0.3 is 0 Å². The topological polar surface area (TPSA) is 111 Å². The van der Waals surface area contributed by atoms with Crippen LogP contribution >= 0.6 is 0 Å². The number of fused-ring (bicyclic) bond motifs is 1. The summed E-state index contributed by atoms with van der Waals surface area (Å²) in [5.41, 5.74) is 1.21. The van der Waals surface area contributed by atoms with Crippen molar-refractivity contribution in [3.8, 4) is 0 Å². The van der Waals surface area contributed by atoms with E-state index in [-0.39, 0.29) is 5.54 Å². The van der Waals surface area contributed by atoms with Crippen molar-refractivity contribution in [2.24, 2.45) is 10.9 Å². The number of ether oxygens (including phenoxy) is 1. The predicted molar refractivity (Wildman–Crippen MR) is 56.1 cm³/mol.